The molecule has 1 heterocycles. The largest absolute Gasteiger partial charge is 0.493 e. The van der Waals surface area contributed by atoms with Crippen LogP contribution >= 0.6 is 0 Å². The Labute approximate surface area is 556 Å². The standard InChI is InChI=1S/C91H82N2O/c1-10-65-28-32-69(33-29-65)72-42-52-87-83(56-72)84-57-73(43-53-88(84)93(87)76-22-16-13-17-23-76)70-40-48-78(49-41-70)92(77-46-38-68(39-47-77)67-36-44-74(45-37-67)90(7,8)9)79-50-51-81-80-24-18-19-25-85(80)91(86(81)58-79,75-20-14-12-15-21-75)59-61(3)26-27-62(4)60-94-89-55-63(5)82(54-64(89)6)71-34-30-66(11-2)31-35-71/h10-25,28-58,61-62H,1-2,26-27,59-60H2,3-9H3. The van der Waals surface area contributed by atoms with Crippen LogP contribution in [0.2, 0.25) is 0 Å². The van der Waals surface area contributed by atoms with Crippen LogP contribution in [0.3, 0.4) is 0 Å². The molecule has 0 bridgehead atoms. The van der Waals surface area contributed by atoms with E-state index in [0.29, 0.717) is 18.4 Å². The molecule has 0 saturated carbocycles. The monoisotopic (exact) mass is 1220 g/mol. The molecule has 0 saturated heterocycles. The number of para-hydroxylation sites is 1. The molecule has 0 amide bonds. The number of aromatic nitrogens is 1. The molecule has 14 rings (SSSR count). The molecule has 0 fully saturated rings. The molecular formula is C91H82N2O. The van der Waals surface area contributed by atoms with Crippen molar-refractivity contribution >= 4 is 51.0 Å². The molecule has 1 aromatic heterocycles. The minimum atomic E-state index is -0.400. The van der Waals surface area contributed by atoms with Gasteiger partial charge in [0.05, 0.1) is 17.6 Å². The topological polar surface area (TPSA) is 17.4 Å². The third-order valence-electron chi connectivity index (χ3n) is 19.9. The maximum Gasteiger partial charge on any atom is 0.122 e. The number of anilines is 3. The zero-order chi connectivity index (χ0) is 64.7. The van der Waals surface area contributed by atoms with E-state index < -0.39 is 5.41 Å². The zero-order valence-corrected chi connectivity index (χ0v) is 55.3. The molecule has 0 spiro atoms. The molecule has 1 aliphatic carbocycles. The molecule has 3 unspecified atom stereocenters. The van der Waals surface area contributed by atoms with Crippen molar-refractivity contribution in [1.82, 2.24) is 4.57 Å². The van der Waals surface area contributed by atoms with Crippen LogP contribution in [-0.4, -0.2) is 11.2 Å². The van der Waals surface area contributed by atoms with Gasteiger partial charge in [0.2, 0.25) is 0 Å². The molecule has 3 heteroatoms. The van der Waals surface area contributed by atoms with Crippen molar-refractivity contribution in [2.75, 3.05) is 11.5 Å². The Balaban J connectivity index is 0.814. The molecule has 0 N–H and O–H groups in total. The van der Waals surface area contributed by atoms with Crippen molar-refractivity contribution in [3.63, 3.8) is 0 Å². The van der Waals surface area contributed by atoms with Gasteiger partial charge >= 0.3 is 0 Å². The van der Waals surface area contributed by atoms with Crippen LogP contribution in [0, 0.1) is 25.7 Å². The van der Waals surface area contributed by atoms with Crippen LogP contribution in [0.25, 0.3) is 95.3 Å². The quantitative estimate of drug-likeness (QED) is 0.0803. The summed E-state index contributed by atoms with van der Waals surface area (Å²) >= 11 is 0. The lowest BCUT2D eigenvalue weighted by Gasteiger charge is -2.36. The Morgan fingerprint density at radius 2 is 0.915 bits per heavy atom. The molecule has 0 radical (unpaired) electrons. The Morgan fingerprint density at radius 3 is 1.49 bits per heavy atom. The fourth-order valence-corrected chi connectivity index (χ4v) is 14.7. The molecule has 3 nitrogen and oxygen atoms in total. The van der Waals surface area contributed by atoms with Crippen molar-refractivity contribution in [2.24, 2.45) is 11.8 Å². The molecule has 462 valence electrons. The maximum absolute atomic E-state index is 6.68. The highest BCUT2D eigenvalue weighted by Crippen LogP contribution is 2.57. The average molecular weight is 1220 g/mol. The second-order valence-corrected chi connectivity index (χ2v) is 27.3. The Kier molecular flexibility index (Phi) is 16.6. The van der Waals surface area contributed by atoms with Gasteiger partial charge in [-0.05, 0) is 229 Å². The van der Waals surface area contributed by atoms with Gasteiger partial charge in [0.1, 0.15) is 5.75 Å². The second-order valence-electron chi connectivity index (χ2n) is 27.3. The van der Waals surface area contributed by atoms with Gasteiger partial charge in [-0.25, -0.2) is 0 Å². The summed E-state index contributed by atoms with van der Waals surface area (Å²) in [4.78, 5) is 2.47. The smallest absolute Gasteiger partial charge is 0.122 e. The molecule has 13 aromatic rings. The average Bonchev–Trinajstić information content (AvgIpc) is 1.56. The normalized spacial score (nSPS) is 14.1. The number of ether oxygens (including phenoxy) is 1. The SMILES string of the molecule is C=Cc1ccc(-c2ccc3c(c2)c2cc(-c4ccc(N(c5ccc(-c6ccc(C(C)(C)C)cc6)cc5)c5ccc6c(c5)C(CC(C)CCC(C)COc5cc(C)c(-c7ccc(C=C)cc7)cc5C)(c5ccccc5)c5ccccc5-6)cc4)ccc2n3-c2ccccc2)cc1. The zero-order valence-electron chi connectivity index (χ0n) is 55.3. The summed E-state index contributed by atoms with van der Waals surface area (Å²) in [5.74, 6) is 1.73. The van der Waals surface area contributed by atoms with Crippen LogP contribution in [0.4, 0.5) is 17.1 Å². The van der Waals surface area contributed by atoms with Gasteiger partial charge in [-0.3, -0.25) is 0 Å². The van der Waals surface area contributed by atoms with Crippen LogP contribution < -0.4 is 9.64 Å². The lowest BCUT2D eigenvalue weighted by Crippen LogP contribution is -2.30. The van der Waals surface area contributed by atoms with Gasteiger partial charge in [-0.2, -0.15) is 0 Å². The summed E-state index contributed by atoms with van der Waals surface area (Å²) in [5.41, 5.74) is 28.6. The van der Waals surface area contributed by atoms with E-state index in [2.05, 4.69) is 344 Å². The molecule has 3 atom stereocenters. The lowest BCUT2D eigenvalue weighted by atomic mass is 9.67. The molecule has 94 heavy (non-hydrogen) atoms. The van der Waals surface area contributed by atoms with Crippen LogP contribution in [0.5, 0.6) is 5.75 Å². The Bertz CT molecular complexity index is 4890. The van der Waals surface area contributed by atoms with Crippen molar-refractivity contribution < 1.29 is 4.74 Å². The first-order valence-corrected chi connectivity index (χ1v) is 33.5. The lowest BCUT2D eigenvalue weighted by molar-refractivity contribution is 0.239. The number of aryl methyl sites for hydroxylation is 2. The highest BCUT2D eigenvalue weighted by atomic mass is 16.5. The van der Waals surface area contributed by atoms with E-state index in [1.165, 1.54) is 99.7 Å². The van der Waals surface area contributed by atoms with Gasteiger partial charge in [0, 0.05) is 38.9 Å². The molecule has 12 aromatic carbocycles. The summed E-state index contributed by atoms with van der Waals surface area (Å²) in [6.07, 6.45) is 6.89. The molecule has 0 aliphatic heterocycles. The van der Waals surface area contributed by atoms with Crippen LogP contribution in [-0.2, 0) is 10.8 Å². The van der Waals surface area contributed by atoms with E-state index in [1.807, 2.05) is 12.2 Å². The van der Waals surface area contributed by atoms with E-state index in [1.54, 1.807) is 0 Å². The van der Waals surface area contributed by atoms with Crippen molar-refractivity contribution in [1.29, 1.82) is 0 Å². The number of nitrogens with zero attached hydrogens (tertiary/aromatic N) is 2. The first-order valence-electron chi connectivity index (χ1n) is 33.5. The minimum Gasteiger partial charge on any atom is -0.493 e. The van der Waals surface area contributed by atoms with Gasteiger partial charge in [-0.15, -0.1) is 0 Å². The summed E-state index contributed by atoms with van der Waals surface area (Å²) in [5, 5.41) is 2.44. The van der Waals surface area contributed by atoms with E-state index >= 15 is 0 Å². The fourth-order valence-electron chi connectivity index (χ4n) is 14.7. The van der Waals surface area contributed by atoms with E-state index in [0.717, 1.165) is 70.0 Å². The predicted molar refractivity (Wildman–Crippen MR) is 401 cm³/mol. The summed E-state index contributed by atoms with van der Waals surface area (Å²) in [6, 6.07) is 102. The Hall–Kier alpha value is -10.5. The van der Waals surface area contributed by atoms with Gasteiger partial charge < -0.3 is 14.2 Å². The predicted octanol–water partition coefficient (Wildman–Crippen LogP) is 25.0. The third-order valence-corrected chi connectivity index (χ3v) is 19.9. The maximum atomic E-state index is 6.68. The highest BCUT2D eigenvalue weighted by molar-refractivity contribution is 6.11. The third kappa shape index (κ3) is 11.7. The van der Waals surface area contributed by atoms with Gasteiger partial charge in [0.15, 0.2) is 0 Å². The minimum absolute atomic E-state index is 0.0762. The summed E-state index contributed by atoms with van der Waals surface area (Å²) in [7, 11) is 0. The number of benzene rings is 12. The van der Waals surface area contributed by atoms with E-state index in [-0.39, 0.29) is 5.41 Å². The van der Waals surface area contributed by atoms with Crippen LogP contribution in [0.1, 0.15) is 98.4 Å². The molecule has 1 aliphatic rings. The van der Waals surface area contributed by atoms with Crippen molar-refractivity contribution in [3.8, 4) is 67.1 Å². The second kappa shape index (κ2) is 25.5. The van der Waals surface area contributed by atoms with Gasteiger partial charge in [0.25, 0.3) is 0 Å². The van der Waals surface area contributed by atoms with Crippen molar-refractivity contribution in [2.45, 2.75) is 78.6 Å². The first kappa shape index (κ1) is 61.0. The molecular weight excluding hydrogens is 1140 g/mol. The number of rotatable bonds is 19. The van der Waals surface area contributed by atoms with E-state index in [4.69, 9.17) is 4.74 Å². The number of fused-ring (bicyclic) bond motifs is 6. The van der Waals surface area contributed by atoms with E-state index in [9.17, 15) is 0 Å². The number of hydrogen-bond donors (Lipinski definition) is 0. The summed E-state index contributed by atoms with van der Waals surface area (Å²) < 4.78 is 9.08. The first-order chi connectivity index (χ1) is 45.7. The number of hydrogen-bond acceptors (Lipinski definition) is 2. The highest BCUT2D eigenvalue weighted by Gasteiger charge is 2.45. The Morgan fingerprint density at radius 1 is 0.436 bits per heavy atom. The van der Waals surface area contributed by atoms with Gasteiger partial charge in [-0.1, -0.05) is 254 Å². The van der Waals surface area contributed by atoms with Crippen LogP contribution in [0.15, 0.2) is 286 Å². The summed E-state index contributed by atoms with van der Waals surface area (Å²) in [6.45, 7) is 24.6. The van der Waals surface area contributed by atoms with Crippen molar-refractivity contribution in [3.05, 3.63) is 331 Å². The fraction of sp³-hybridized carbons (Fsp3) is 0.165.